The van der Waals surface area contributed by atoms with E-state index < -0.39 is 16.9 Å². The van der Waals surface area contributed by atoms with Crippen molar-refractivity contribution in [1.82, 2.24) is 4.98 Å². The largest absolute Gasteiger partial charge is 0.417 e. The van der Waals surface area contributed by atoms with Gasteiger partial charge in [0.15, 0.2) is 6.29 Å². The first kappa shape index (κ1) is 17.4. The average Bonchev–Trinajstić information content (AvgIpc) is 2.67. The van der Waals surface area contributed by atoms with Crippen LogP contribution in [0.5, 0.6) is 0 Å². The second kappa shape index (κ2) is 6.39. The number of H-pyrrole nitrogens is 1. The van der Waals surface area contributed by atoms with Gasteiger partial charge in [-0.2, -0.15) is 13.2 Å². The van der Waals surface area contributed by atoms with Crippen molar-refractivity contribution in [3.63, 3.8) is 0 Å². The van der Waals surface area contributed by atoms with Crippen LogP contribution in [0, 0.1) is 0 Å². The topological polar surface area (TPSA) is 49.9 Å². The fourth-order valence-corrected chi connectivity index (χ4v) is 1.54. The van der Waals surface area contributed by atoms with Crippen LogP contribution in [0.4, 0.5) is 13.2 Å². The van der Waals surface area contributed by atoms with Crippen molar-refractivity contribution in [3.8, 4) is 0 Å². The number of carbonyl (C=O) groups excluding carboxylic acids is 1. The summed E-state index contributed by atoms with van der Waals surface area (Å²) in [5.41, 5.74) is -0.451. The molecule has 0 unspecified atom stereocenters. The van der Waals surface area contributed by atoms with Crippen molar-refractivity contribution in [3.05, 3.63) is 35.5 Å². The van der Waals surface area contributed by atoms with Gasteiger partial charge in [-0.05, 0) is 45.9 Å². The molecule has 0 bridgehead atoms. The minimum Gasteiger partial charge on any atom is -0.360 e. The summed E-state index contributed by atoms with van der Waals surface area (Å²) in [5.74, 6) is 0. The van der Waals surface area contributed by atoms with Crippen LogP contribution in [0.3, 0.4) is 0 Å². The van der Waals surface area contributed by atoms with Crippen LogP contribution in [0.2, 0.25) is 0 Å². The Morgan fingerprint density at radius 2 is 1.75 bits per heavy atom. The molecule has 1 aromatic carbocycles. The Labute approximate surface area is 125 Å². The Hall–Kier alpha value is -0.680. The second-order valence-corrected chi connectivity index (χ2v) is 10.1. The molecule has 0 atom stereocenters. The first-order valence-electron chi connectivity index (χ1n) is 4.85. The quantitative estimate of drug-likeness (QED) is 0.511. The Morgan fingerprint density at radius 1 is 1.20 bits per heavy atom. The number of carbonyl (C=O) groups is 1. The highest BCUT2D eigenvalue weighted by molar-refractivity contribution is 8.24. The fourth-order valence-electron chi connectivity index (χ4n) is 1.54. The van der Waals surface area contributed by atoms with E-state index in [1.54, 1.807) is 0 Å². The molecule has 1 aromatic heterocycles. The van der Waals surface area contributed by atoms with Gasteiger partial charge in [0, 0.05) is 22.7 Å². The Morgan fingerprint density at radius 3 is 2.20 bits per heavy atom. The summed E-state index contributed by atoms with van der Waals surface area (Å²) in [6, 6.07) is 3.76. The first-order chi connectivity index (χ1) is 9.04. The Bertz CT molecular complexity index is 657. The number of benzene rings is 1. The van der Waals surface area contributed by atoms with Crippen LogP contribution in [0.15, 0.2) is 24.4 Å². The second-order valence-electron chi connectivity index (χ2n) is 3.49. The highest BCUT2D eigenvalue weighted by atomic mass is 36.0. The van der Waals surface area contributed by atoms with E-state index in [0.717, 1.165) is 6.07 Å². The number of aromatic amines is 1. The zero-order valence-electron chi connectivity index (χ0n) is 9.42. The van der Waals surface area contributed by atoms with Gasteiger partial charge in [0.05, 0.1) is 5.56 Å². The SMILES string of the molecule is O=Cc1c[nH]c2cccc(C(F)(F)F)c12.O=P(Cl)(Cl)Cl. The van der Waals surface area contributed by atoms with Crippen molar-refractivity contribution >= 4 is 56.1 Å². The number of hydrogen-bond donors (Lipinski definition) is 1. The molecule has 0 fully saturated rings. The number of alkyl halides is 3. The lowest BCUT2D eigenvalue weighted by Gasteiger charge is -2.07. The summed E-state index contributed by atoms with van der Waals surface area (Å²) in [6.07, 6.45) is -2.76. The van der Waals surface area contributed by atoms with E-state index in [-0.39, 0.29) is 10.9 Å². The fraction of sp³-hybridized carbons (Fsp3) is 0.100. The Kier molecular flexibility index (Phi) is 5.55. The van der Waals surface area contributed by atoms with Crippen LogP contribution >= 0.6 is 38.9 Å². The molecule has 0 aliphatic carbocycles. The number of aromatic nitrogens is 1. The summed E-state index contributed by atoms with van der Waals surface area (Å²) in [5, 5.41) is -3.29. The van der Waals surface area contributed by atoms with Gasteiger partial charge in [0.2, 0.25) is 0 Å². The van der Waals surface area contributed by atoms with Gasteiger partial charge >= 0.3 is 11.4 Å². The molecular formula is C10H6Cl3F3NO2P. The van der Waals surface area contributed by atoms with E-state index in [0.29, 0.717) is 11.8 Å². The van der Waals surface area contributed by atoms with Crippen molar-refractivity contribution in [2.45, 2.75) is 6.18 Å². The predicted octanol–water partition coefficient (Wildman–Crippen LogP) is 5.81. The maximum Gasteiger partial charge on any atom is 0.417 e. The van der Waals surface area contributed by atoms with Crippen molar-refractivity contribution in [2.24, 2.45) is 0 Å². The van der Waals surface area contributed by atoms with E-state index in [1.165, 1.54) is 18.3 Å². The summed E-state index contributed by atoms with van der Waals surface area (Å²) < 4.78 is 47.3. The molecule has 1 N–H and O–H groups in total. The summed E-state index contributed by atoms with van der Waals surface area (Å²) in [6.45, 7) is 0. The van der Waals surface area contributed by atoms with E-state index >= 15 is 0 Å². The molecule has 20 heavy (non-hydrogen) atoms. The van der Waals surface area contributed by atoms with Gasteiger partial charge in [-0.25, -0.2) is 0 Å². The summed E-state index contributed by atoms with van der Waals surface area (Å²) >= 11 is 13.8. The molecule has 10 heteroatoms. The van der Waals surface area contributed by atoms with E-state index in [4.69, 9.17) is 0 Å². The third kappa shape index (κ3) is 5.02. The van der Waals surface area contributed by atoms with Crippen LogP contribution in [-0.2, 0) is 10.7 Å². The van der Waals surface area contributed by atoms with Gasteiger partial charge in [-0.15, -0.1) is 0 Å². The molecule has 0 spiro atoms. The smallest absolute Gasteiger partial charge is 0.360 e. The molecule has 0 amide bonds. The molecule has 3 nitrogen and oxygen atoms in total. The van der Waals surface area contributed by atoms with E-state index in [2.05, 4.69) is 38.7 Å². The Balaban J connectivity index is 0.000000347. The molecule has 110 valence electrons. The van der Waals surface area contributed by atoms with E-state index in [1.807, 2.05) is 0 Å². The molecular weight excluding hydrogens is 360 g/mol. The van der Waals surface area contributed by atoms with Gasteiger partial charge in [0.1, 0.15) is 0 Å². The number of fused-ring (bicyclic) bond motifs is 1. The number of hydrogen-bond acceptors (Lipinski definition) is 2. The number of aldehydes is 1. The van der Waals surface area contributed by atoms with Gasteiger partial charge < -0.3 is 4.98 Å². The maximum absolute atomic E-state index is 12.6. The lowest BCUT2D eigenvalue weighted by atomic mass is 10.1. The summed E-state index contributed by atoms with van der Waals surface area (Å²) in [4.78, 5) is 13.2. The van der Waals surface area contributed by atoms with Crippen molar-refractivity contribution in [1.29, 1.82) is 0 Å². The molecule has 0 saturated heterocycles. The van der Waals surface area contributed by atoms with Crippen LogP contribution in [0.1, 0.15) is 15.9 Å². The van der Waals surface area contributed by atoms with Gasteiger partial charge in [-0.1, -0.05) is 6.07 Å². The normalized spacial score (nSPS) is 11.9. The predicted molar refractivity (Wildman–Crippen MR) is 73.9 cm³/mol. The van der Waals surface area contributed by atoms with Crippen LogP contribution in [0.25, 0.3) is 10.9 Å². The zero-order chi connectivity index (χ0) is 15.6. The number of nitrogens with one attached hydrogen (secondary N) is 1. The molecule has 0 radical (unpaired) electrons. The molecule has 2 rings (SSSR count). The third-order valence-corrected chi connectivity index (χ3v) is 2.17. The van der Waals surface area contributed by atoms with E-state index in [9.17, 15) is 22.5 Å². The summed E-state index contributed by atoms with van der Waals surface area (Å²) in [7, 11) is 0. The lowest BCUT2D eigenvalue weighted by molar-refractivity contribution is -0.136. The molecule has 2 aromatic rings. The molecule has 0 aliphatic heterocycles. The minimum atomic E-state index is -4.44. The minimum absolute atomic E-state index is 0.0259. The molecule has 1 heterocycles. The lowest BCUT2D eigenvalue weighted by Crippen LogP contribution is -2.05. The van der Waals surface area contributed by atoms with Crippen LogP contribution < -0.4 is 0 Å². The number of rotatable bonds is 1. The van der Waals surface area contributed by atoms with Crippen molar-refractivity contribution < 1.29 is 22.5 Å². The van der Waals surface area contributed by atoms with Crippen LogP contribution in [-0.4, -0.2) is 11.3 Å². The van der Waals surface area contributed by atoms with Gasteiger partial charge in [0.25, 0.3) is 0 Å². The highest BCUT2D eigenvalue weighted by Gasteiger charge is 2.33. The maximum atomic E-state index is 12.6. The van der Waals surface area contributed by atoms with Gasteiger partial charge in [-0.3, -0.25) is 9.36 Å². The zero-order valence-corrected chi connectivity index (χ0v) is 12.6. The average molecular weight is 366 g/mol. The first-order valence-corrected chi connectivity index (χ1v) is 9.27. The number of halogens is 6. The third-order valence-electron chi connectivity index (χ3n) is 2.17. The molecule has 0 saturated carbocycles. The monoisotopic (exact) mass is 365 g/mol. The highest BCUT2D eigenvalue weighted by Crippen LogP contribution is 2.61. The molecule has 0 aliphatic rings. The van der Waals surface area contributed by atoms with Crippen molar-refractivity contribution in [2.75, 3.05) is 0 Å². The standard InChI is InChI=1S/C10H6F3NO.Cl3OP/c11-10(12,13)7-2-1-3-8-9(7)6(5-15)4-14-8;1-5(2,3)4/h1-5,14H;.